The van der Waals surface area contributed by atoms with Crippen LogP contribution in [0, 0.1) is 17.2 Å². The van der Waals surface area contributed by atoms with Crippen molar-refractivity contribution in [1.82, 2.24) is 9.88 Å². The maximum atomic E-state index is 12.3. The highest BCUT2D eigenvalue weighted by Gasteiger charge is 2.32. The van der Waals surface area contributed by atoms with Crippen molar-refractivity contribution >= 4 is 17.4 Å². The summed E-state index contributed by atoms with van der Waals surface area (Å²) in [6.45, 7) is 0.684. The Bertz CT molecular complexity index is 548. The van der Waals surface area contributed by atoms with Gasteiger partial charge in [0, 0.05) is 6.54 Å². The van der Waals surface area contributed by atoms with E-state index in [4.69, 9.17) is 16.9 Å². The highest BCUT2D eigenvalue weighted by atomic mass is 35.5. The van der Waals surface area contributed by atoms with Gasteiger partial charge in [-0.25, -0.2) is 4.98 Å². The van der Waals surface area contributed by atoms with Gasteiger partial charge >= 0.3 is 6.18 Å². The summed E-state index contributed by atoms with van der Waals surface area (Å²) in [5.74, 6) is 0.853. The van der Waals surface area contributed by atoms with Crippen molar-refractivity contribution in [1.29, 1.82) is 5.26 Å². The van der Waals surface area contributed by atoms with Crippen LogP contribution in [-0.4, -0.2) is 42.2 Å². The summed E-state index contributed by atoms with van der Waals surface area (Å²) in [5, 5.41) is 12.3. The number of nitrogens with one attached hydrogen (secondary N) is 1. The van der Waals surface area contributed by atoms with Crippen LogP contribution in [0.5, 0.6) is 0 Å². The van der Waals surface area contributed by atoms with Gasteiger partial charge in [-0.15, -0.1) is 0 Å². The first kappa shape index (κ1) is 16.8. The molecule has 4 nitrogen and oxygen atoms in total. The summed E-state index contributed by atoms with van der Waals surface area (Å²) >= 11 is 5.80. The van der Waals surface area contributed by atoms with E-state index in [2.05, 4.69) is 10.3 Å². The summed E-state index contributed by atoms with van der Waals surface area (Å²) < 4.78 is 36.9. The molecule has 0 aromatic carbocycles. The maximum Gasteiger partial charge on any atom is 0.401 e. The van der Waals surface area contributed by atoms with Crippen molar-refractivity contribution < 1.29 is 13.2 Å². The van der Waals surface area contributed by atoms with Gasteiger partial charge in [0.25, 0.3) is 0 Å². The van der Waals surface area contributed by atoms with Crippen molar-refractivity contribution in [3.8, 4) is 6.07 Å². The minimum absolute atomic E-state index is 0.159. The number of halogens is 4. The number of aromatic nitrogens is 1. The predicted octanol–water partition coefficient (Wildman–Crippen LogP) is 3.29. The molecule has 0 spiro atoms. The fourth-order valence-electron chi connectivity index (χ4n) is 2.47. The second kappa shape index (κ2) is 7.16. The van der Waals surface area contributed by atoms with Crippen molar-refractivity contribution in [2.24, 2.45) is 5.92 Å². The van der Waals surface area contributed by atoms with Gasteiger partial charge in [-0.1, -0.05) is 11.6 Å². The molecule has 0 aliphatic carbocycles. The normalized spacial score (nSPS) is 17.2. The van der Waals surface area contributed by atoms with Crippen LogP contribution >= 0.6 is 11.6 Å². The average molecular weight is 333 g/mol. The van der Waals surface area contributed by atoms with E-state index < -0.39 is 12.7 Å². The van der Waals surface area contributed by atoms with Gasteiger partial charge in [-0.2, -0.15) is 18.4 Å². The second-order valence-corrected chi connectivity index (χ2v) is 5.76. The summed E-state index contributed by atoms with van der Waals surface area (Å²) in [6.07, 6.45) is -2.71. The number of rotatable bonds is 4. The van der Waals surface area contributed by atoms with Crippen molar-refractivity contribution in [2.75, 3.05) is 31.5 Å². The molecule has 1 N–H and O–H groups in total. The van der Waals surface area contributed by atoms with E-state index >= 15 is 0 Å². The monoisotopic (exact) mass is 332 g/mol. The number of pyridine rings is 1. The minimum Gasteiger partial charge on any atom is -0.370 e. The van der Waals surface area contributed by atoms with Crippen molar-refractivity contribution in [2.45, 2.75) is 19.0 Å². The first-order chi connectivity index (χ1) is 10.4. The maximum absolute atomic E-state index is 12.3. The second-order valence-electron chi connectivity index (χ2n) is 5.35. The highest BCUT2D eigenvalue weighted by Crippen LogP contribution is 2.23. The Hall–Kier alpha value is -1.52. The van der Waals surface area contributed by atoms with E-state index in [1.807, 2.05) is 6.07 Å². The van der Waals surface area contributed by atoms with E-state index in [0.29, 0.717) is 49.2 Å². The number of hydrogen-bond donors (Lipinski definition) is 1. The first-order valence-corrected chi connectivity index (χ1v) is 7.35. The predicted molar refractivity (Wildman–Crippen MR) is 77.7 cm³/mol. The molecule has 1 saturated heterocycles. The Morgan fingerprint density at radius 3 is 2.64 bits per heavy atom. The third-order valence-electron chi connectivity index (χ3n) is 3.63. The molecule has 0 saturated carbocycles. The number of likely N-dealkylation sites (tertiary alicyclic amines) is 1. The fourth-order valence-corrected chi connectivity index (χ4v) is 2.62. The zero-order chi connectivity index (χ0) is 16.2. The summed E-state index contributed by atoms with van der Waals surface area (Å²) in [7, 11) is 0. The molecule has 1 aromatic rings. The standard InChI is InChI=1S/C14H16ClF3N4/c15-11-1-2-13(21-12(11)7-19)20-8-10-3-5-22(6-4-10)9-14(16,17)18/h1-2,10H,3-6,8-9H2,(H,20,21). The molecule has 0 amide bonds. The smallest absolute Gasteiger partial charge is 0.370 e. The van der Waals surface area contributed by atoms with E-state index in [9.17, 15) is 13.2 Å². The van der Waals surface area contributed by atoms with Gasteiger partial charge in [-0.3, -0.25) is 4.90 Å². The quantitative estimate of drug-likeness (QED) is 0.919. The third-order valence-corrected chi connectivity index (χ3v) is 3.94. The van der Waals surface area contributed by atoms with E-state index in [1.54, 1.807) is 12.1 Å². The number of nitriles is 1. The van der Waals surface area contributed by atoms with Gasteiger partial charge in [0.2, 0.25) is 0 Å². The summed E-state index contributed by atoms with van der Waals surface area (Å²) in [5.41, 5.74) is 0.159. The molecular formula is C14H16ClF3N4. The number of hydrogen-bond acceptors (Lipinski definition) is 4. The zero-order valence-corrected chi connectivity index (χ0v) is 12.6. The summed E-state index contributed by atoms with van der Waals surface area (Å²) in [6, 6.07) is 5.19. The number of anilines is 1. The summed E-state index contributed by atoms with van der Waals surface area (Å²) in [4.78, 5) is 5.51. The lowest BCUT2D eigenvalue weighted by atomic mass is 9.97. The van der Waals surface area contributed by atoms with Crippen molar-refractivity contribution in [3.63, 3.8) is 0 Å². The van der Waals surface area contributed by atoms with Crippen LogP contribution in [0.1, 0.15) is 18.5 Å². The molecule has 0 atom stereocenters. The molecule has 1 aliphatic rings. The highest BCUT2D eigenvalue weighted by molar-refractivity contribution is 6.31. The average Bonchev–Trinajstić information content (AvgIpc) is 2.46. The van der Waals surface area contributed by atoms with E-state index in [0.717, 1.165) is 0 Å². The molecule has 120 valence electrons. The van der Waals surface area contributed by atoms with E-state index in [-0.39, 0.29) is 5.69 Å². The lowest BCUT2D eigenvalue weighted by molar-refractivity contribution is -0.148. The van der Waals surface area contributed by atoms with Gasteiger partial charge < -0.3 is 5.32 Å². The van der Waals surface area contributed by atoms with Crippen LogP contribution < -0.4 is 5.32 Å². The lowest BCUT2D eigenvalue weighted by Gasteiger charge is -2.32. The van der Waals surface area contributed by atoms with Crippen LogP contribution in [0.4, 0.5) is 19.0 Å². The number of nitrogens with zero attached hydrogens (tertiary/aromatic N) is 3. The molecule has 0 bridgehead atoms. The zero-order valence-electron chi connectivity index (χ0n) is 11.8. The largest absolute Gasteiger partial charge is 0.401 e. The van der Waals surface area contributed by atoms with E-state index in [1.165, 1.54) is 4.90 Å². The molecule has 1 aliphatic heterocycles. The van der Waals surface area contributed by atoms with Gasteiger partial charge in [0.05, 0.1) is 11.6 Å². The van der Waals surface area contributed by atoms with Gasteiger partial charge in [0.1, 0.15) is 11.9 Å². The fraction of sp³-hybridized carbons (Fsp3) is 0.571. The van der Waals surface area contributed by atoms with Crippen LogP contribution in [0.15, 0.2) is 12.1 Å². The molecule has 0 radical (unpaired) electrons. The van der Waals surface area contributed by atoms with Gasteiger partial charge in [0.15, 0.2) is 5.69 Å². The Kier molecular flexibility index (Phi) is 5.48. The molecule has 2 rings (SSSR count). The minimum atomic E-state index is -4.13. The SMILES string of the molecule is N#Cc1nc(NCC2CCN(CC(F)(F)F)CC2)ccc1Cl. The third kappa shape index (κ3) is 5.04. The number of alkyl halides is 3. The van der Waals surface area contributed by atoms with Crippen LogP contribution in [0.25, 0.3) is 0 Å². The van der Waals surface area contributed by atoms with Crippen LogP contribution in [0.3, 0.4) is 0 Å². The Labute approximate surface area is 131 Å². The molecule has 8 heteroatoms. The lowest BCUT2D eigenvalue weighted by Crippen LogP contribution is -2.41. The molecular weight excluding hydrogens is 317 g/mol. The Morgan fingerprint density at radius 1 is 1.36 bits per heavy atom. The molecule has 22 heavy (non-hydrogen) atoms. The van der Waals surface area contributed by atoms with Gasteiger partial charge in [-0.05, 0) is 44.0 Å². The Balaban J connectivity index is 1.79. The molecule has 0 unspecified atom stereocenters. The van der Waals surface area contributed by atoms with Crippen LogP contribution in [0.2, 0.25) is 5.02 Å². The molecule has 1 aromatic heterocycles. The first-order valence-electron chi connectivity index (χ1n) is 6.97. The Morgan fingerprint density at radius 2 is 2.05 bits per heavy atom. The molecule has 1 fully saturated rings. The van der Waals surface area contributed by atoms with Crippen LogP contribution in [-0.2, 0) is 0 Å². The topological polar surface area (TPSA) is 52.0 Å². The van der Waals surface area contributed by atoms with Crippen molar-refractivity contribution in [3.05, 3.63) is 22.8 Å². The molecule has 2 heterocycles. The number of piperidine rings is 1.